The van der Waals surface area contributed by atoms with Crippen LogP contribution in [0.4, 0.5) is 0 Å². The fourth-order valence-electron chi connectivity index (χ4n) is 1.90. The minimum atomic E-state index is -0.163. The third-order valence-corrected chi connectivity index (χ3v) is 3.73. The van der Waals surface area contributed by atoms with Gasteiger partial charge < -0.3 is 10.6 Å². The van der Waals surface area contributed by atoms with Gasteiger partial charge in [-0.3, -0.25) is 4.79 Å². The standard InChI is InChI=1S/C12H14Cl2N2O.ClH/c13-10-3-1-2-9(11(10)14)12(17)16-7-8-4-5-15-6-8;/h1-3,8,15H,4-7H2,(H,16,17);1H. The lowest BCUT2D eigenvalue weighted by Gasteiger charge is -2.11. The van der Waals surface area contributed by atoms with Gasteiger partial charge in [0.1, 0.15) is 0 Å². The van der Waals surface area contributed by atoms with Crippen LogP contribution < -0.4 is 10.6 Å². The minimum Gasteiger partial charge on any atom is -0.352 e. The van der Waals surface area contributed by atoms with E-state index in [2.05, 4.69) is 10.6 Å². The second-order valence-corrected chi connectivity index (χ2v) is 4.96. The highest BCUT2D eigenvalue weighted by molar-refractivity contribution is 6.43. The van der Waals surface area contributed by atoms with E-state index in [0.29, 0.717) is 28.1 Å². The van der Waals surface area contributed by atoms with Crippen LogP contribution in [0.25, 0.3) is 0 Å². The summed E-state index contributed by atoms with van der Waals surface area (Å²) in [4.78, 5) is 11.9. The summed E-state index contributed by atoms with van der Waals surface area (Å²) in [5.41, 5.74) is 0.435. The van der Waals surface area contributed by atoms with E-state index in [0.717, 1.165) is 19.5 Å². The number of carbonyl (C=O) groups excluding carboxylic acids is 1. The van der Waals surface area contributed by atoms with Crippen molar-refractivity contribution < 1.29 is 4.79 Å². The first kappa shape index (κ1) is 15.6. The van der Waals surface area contributed by atoms with E-state index in [9.17, 15) is 4.79 Å². The molecule has 0 radical (unpaired) electrons. The van der Waals surface area contributed by atoms with Gasteiger partial charge in [0.25, 0.3) is 5.91 Å². The SMILES string of the molecule is Cl.O=C(NCC1CCNC1)c1cccc(Cl)c1Cl. The molecule has 1 fully saturated rings. The van der Waals surface area contributed by atoms with E-state index in [1.165, 1.54) is 0 Å². The number of carbonyl (C=O) groups is 1. The molecule has 1 saturated heterocycles. The molecule has 1 atom stereocenters. The van der Waals surface area contributed by atoms with E-state index >= 15 is 0 Å². The van der Waals surface area contributed by atoms with Crippen LogP contribution in [-0.2, 0) is 0 Å². The second kappa shape index (κ2) is 7.19. The maximum Gasteiger partial charge on any atom is 0.252 e. The second-order valence-electron chi connectivity index (χ2n) is 4.17. The first-order chi connectivity index (χ1) is 8.18. The number of amides is 1. The maximum absolute atomic E-state index is 11.9. The van der Waals surface area contributed by atoms with Crippen LogP contribution in [-0.4, -0.2) is 25.5 Å². The van der Waals surface area contributed by atoms with Crippen molar-refractivity contribution in [3.63, 3.8) is 0 Å². The van der Waals surface area contributed by atoms with E-state index < -0.39 is 0 Å². The highest BCUT2D eigenvalue weighted by Crippen LogP contribution is 2.25. The molecule has 0 saturated carbocycles. The van der Waals surface area contributed by atoms with Gasteiger partial charge in [-0.1, -0.05) is 29.3 Å². The van der Waals surface area contributed by atoms with Gasteiger partial charge in [0.2, 0.25) is 0 Å². The molecule has 6 heteroatoms. The predicted molar refractivity (Wildman–Crippen MR) is 77.0 cm³/mol. The molecule has 100 valence electrons. The Morgan fingerprint density at radius 2 is 2.22 bits per heavy atom. The van der Waals surface area contributed by atoms with Crippen molar-refractivity contribution >= 4 is 41.5 Å². The highest BCUT2D eigenvalue weighted by Gasteiger charge is 2.17. The molecular weight excluding hydrogens is 295 g/mol. The van der Waals surface area contributed by atoms with Crippen molar-refractivity contribution in [2.24, 2.45) is 5.92 Å². The van der Waals surface area contributed by atoms with Crippen LogP contribution in [0.1, 0.15) is 16.8 Å². The van der Waals surface area contributed by atoms with Crippen molar-refractivity contribution in [1.82, 2.24) is 10.6 Å². The van der Waals surface area contributed by atoms with Crippen LogP contribution in [0.5, 0.6) is 0 Å². The van der Waals surface area contributed by atoms with Gasteiger partial charge in [-0.05, 0) is 37.6 Å². The first-order valence-corrected chi connectivity index (χ1v) is 6.37. The van der Waals surface area contributed by atoms with E-state index in [-0.39, 0.29) is 18.3 Å². The lowest BCUT2D eigenvalue weighted by molar-refractivity contribution is 0.0948. The number of hydrogen-bond acceptors (Lipinski definition) is 2. The Morgan fingerprint density at radius 1 is 1.44 bits per heavy atom. The molecule has 0 spiro atoms. The van der Waals surface area contributed by atoms with Gasteiger partial charge in [-0.25, -0.2) is 0 Å². The average Bonchev–Trinajstić information content (AvgIpc) is 2.82. The summed E-state index contributed by atoms with van der Waals surface area (Å²) in [6.45, 7) is 2.66. The topological polar surface area (TPSA) is 41.1 Å². The van der Waals surface area contributed by atoms with Gasteiger partial charge >= 0.3 is 0 Å². The number of benzene rings is 1. The van der Waals surface area contributed by atoms with E-state index in [1.54, 1.807) is 18.2 Å². The maximum atomic E-state index is 11.9. The molecule has 2 N–H and O–H groups in total. The quantitative estimate of drug-likeness (QED) is 0.901. The Balaban J connectivity index is 0.00000162. The molecular formula is C12H15Cl3N2O. The molecule has 1 amide bonds. The monoisotopic (exact) mass is 308 g/mol. The van der Waals surface area contributed by atoms with Crippen molar-refractivity contribution in [3.8, 4) is 0 Å². The fraction of sp³-hybridized carbons (Fsp3) is 0.417. The Kier molecular flexibility index (Phi) is 6.22. The number of hydrogen-bond donors (Lipinski definition) is 2. The summed E-state index contributed by atoms with van der Waals surface area (Å²) < 4.78 is 0. The van der Waals surface area contributed by atoms with Crippen LogP contribution >= 0.6 is 35.6 Å². The Labute approximate surface area is 123 Å². The lowest BCUT2D eigenvalue weighted by Crippen LogP contribution is -2.30. The molecule has 18 heavy (non-hydrogen) atoms. The van der Waals surface area contributed by atoms with Crippen LogP contribution in [0.3, 0.4) is 0 Å². The number of halogens is 3. The van der Waals surface area contributed by atoms with E-state index in [1.807, 2.05) is 0 Å². The van der Waals surface area contributed by atoms with Crippen molar-refractivity contribution in [1.29, 1.82) is 0 Å². The van der Waals surface area contributed by atoms with Crippen LogP contribution in [0.2, 0.25) is 10.0 Å². The molecule has 0 aliphatic carbocycles. The Morgan fingerprint density at radius 3 is 2.89 bits per heavy atom. The summed E-state index contributed by atoms with van der Waals surface area (Å²) >= 11 is 11.8. The third-order valence-electron chi connectivity index (χ3n) is 2.91. The molecule has 1 aromatic rings. The molecule has 0 bridgehead atoms. The third kappa shape index (κ3) is 3.75. The Bertz CT molecular complexity index is 420. The molecule has 0 aromatic heterocycles. The fourth-order valence-corrected chi connectivity index (χ4v) is 2.29. The van der Waals surface area contributed by atoms with Crippen molar-refractivity contribution in [3.05, 3.63) is 33.8 Å². The summed E-state index contributed by atoms with van der Waals surface area (Å²) in [5, 5.41) is 6.87. The van der Waals surface area contributed by atoms with Gasteiger partial charge in [0, 0.05) is 6.54 Å². The van der Waals surface area contributed by atoms with Gasteiger partial charge in [-0.2, -0.15) is 0 Å². The summed E-state index contributed by atoms with van der Waals surface area (Å²) in [5.74, 6) is 0.348. The van der Waals surface area contributed by atoms with Crippen molar-refractivity contribution in [2.45, 2.75) is 6.42 Å². The summed E-state index contributed by atoms with van der Waals surface area (Å²) in [7, 11) is 0. The summed E-state index contributed by atoms with van der Waals surface area (Å²) in [6.07, 6.45) is 1.10. The molecule has 2 rings (SSSR count). The Hall–Kier alpha value is -0.480. The smallest absolute Gasteiger partial charge is 0.252 e. The lowest BCUT2D eigenvalue weighted by atomic mass is 10.1. The summed E-state index contributed by atoms with van der Waals surface area (Å²) in [6, 6.07) is 5.07. The van der Waals surface area contributed by atoms with Crippen LogP contribution in [0, 0.1) is 5.92 Å². The average molecular weight is 310 g/mol. The molecule has 1 heterocycles. The van der Waals surface area contributed by atoms with Crippen molar-refractivity contribution in [2.75, 3.05) is 19.6 Å². The molecule has 1 aliphatic rings. The molecule has 1 unspecified atom stereocenters. The largest absolute Gasteiger partial charge is 0.352 e. The van der Waals surface area contributed by atoms with Gasteiger partial charge in [0.15, 0.2) is 0 Å². The predicted octanol–water partition coefficient (Wildman–Crippen LogP) is 2.75. The highest BCUT2D eigenvalue weighted by atomic mass is 35.5. The normalized spacial score (nSPS) is 18.2. The number of nitrogens with one attached hydrogen (secondary N) is 2. The molecule has 1 aromatic carbocycles. The van der Waals surface area contributed by atoms with Gasteiger partial charge in [-0.15, -0.1) is 12.4 Å². The zero-order valence-corrected chi connectivity index (χ0v) is 12.0. The zero-order chi connectivity index (χ0) is 12.3. The zero-order valence-electron chi connectivity index (χ0n) is 9.71. The van der Waals surface area contributed by atoms with Gasteiger partial charge in [0.05, 0.1) is 15.6 Å². The van der Waals surface area contributed by atoms with Crippen LogP contribution in [0.15, 0.2) is 18.2 Å². The number of rotatable bonds is 3. The first-order valence-electron chi connectivity index (χ1n) is 5.61. The van der Waals surface area contributed by atoms with E-state index in [4.69, 9.17) is 23.2 Å². The molecule has 1 aliphatic heterocycles. The molecule has 3 nitrogen and oxygen atoms in total. The minimum absolute atomic E-state index is 0.